The van der Waals surface area contributed by atoms with Gasteiger partial charge in [-0.05, 0) is 25.0 Å². The molecule has 0 N–H and O–H groups in total. The van der Waals surface area contributed by atoms with Gasteiger partial charge >= 0.3 is 0 Å². The first kappa shape index (κ1) is 21.2. The van der Waals surface area contributed by atoms with Gasteiger partial charge in [-0.15, -0.1) is 11.8 Å². The van der Waals surface area contributed by atoms with Crippen molar-refractivity contribution in [2.45, 2.75) is 76.1 Å². The summed E-state index contributed by atoms with van der Waals surface area (Å²) in [5.41, 5.74) is 0. The van der Waals surface area contributed by atoms with E-state index in [1.807, 2.05) is 6.92 Å². The molecule has 0 aromatic rings. The summed E-state index contributed by atoms with van der Waals surface area (Å²) >= 11 is 1.46. The maximum absolute atomic E-state index is 12.2. The minimum absolute atomic E-state index is 0.0440. The topological polar surface area (TPSA) is 63.7 Å². The highest BCUT2D eigenvalue weighted by atomic mass is 32.2. The molecule has 26 heavy (non-hydrogen) atoms. The standard InChI is InChI=1S/C20H31NO4S/c1-2-26-18-13-19(23)21(20(18)24)14-16(22)15-25-17-11-9-7-5-3-4-6-8-10-12-17/h9,11,17-18H,2-8,10,12-15H2,1H3/b11-9-. The molecule has 5 nitrogen and oxygen atoms in total. The van der Waals surface area contributed by atoms with E-state index in [1.165, 1.54) is 43.9 Å². The highest BCUT2D eigenvalue weighted by Crippen LogP contribution is 2.24. The molecule has 0 saturated carbocycles. The second-order valence-electron chi connectivity index (χ2n) is 6.98. The van der Waals surface area contributed by atoms with E-state index in [1.54, 1.807) is 0 Å². The van der Waals surface area contributed by atoms with Crippen LogP contribution in [0.4, 0.5) is 0 Å². The molecule has 146 valence electrons. The highest BCUT2D eigenvalue weighted by molar-refractivity contribution is 8.00. The van der Waals surface area contributed by atoms with Crippen LogP contribution in [0.15, 0.2) is 12.2 Å². The number of hydrogen-bond donors (Lipinski definition) is 0. The van der Waals surface area contributed by atoms with Crippen LogP contribution in [0.5, 0.6) is 0 Å². The first-order valence-corrected chi connectivity index (χ1v) is 10.9. The zero-order valence-electron chi connectivity index (χ0n) is 15.8. The summed E-state index contributed by atoms with van der Waals surface area (Å²) in [6.45, 7) is 1.76. The van der Waals surface area contributed by atoms with Crippen LogP contribution in [0, 0.1) is 0 Å². The fourth-order valence-electron chi connectivity index (χ4n) is 3.37. The van der Waals surface area contributed by atoms with Crippen LogP contribution >= 0.6 is 11.8 Å². The van der Waals surface area contributed by atoms with E-state index in [0.717, 1.165) is 29.9 Å². The summed E-state index contributed by atoms with van der Waals surface area (Å²) in [7, 11) is 0. The van der Waals surface area contributed by atoms with Gasteiger partial charge in [0, 0.05) is 6.42 Å². The second kappa shape index (κ2) is 11.5. The molecular formula is C20H31NO4S. The van der Waals surface area contributed by atoms with Gasteiger partial charge < -0.3 is 4.74 Å². The summed E-state index contributed by atoms with van der Waals surface area (Å²) in [5, 5.41) is -0.327. The third-order valence-corrected chi connectivity index (χ3v) is 5.93. The molecular weight excluding hydrogens is 350 g/mol. The largest absolute Gasteiger partial charge is 0.366 e. The Balaban J connectivity index is 1.79. The van der Waals surface area contributed by atoms with Crippen LogP contribution < -0.4 is 0 Å². The Kier molecular flexibility index (Phi) is 9.40. The molecule has 2 unspecified atom stereocenters. The average Bonchev–Trinajstić information content (AvgIpc) is 2.86. The normalized spacial score (nSPS) is 26.6. The lowest BCUT2D eigenvalue weighted by molar-refractivity contribution is -0.143. The predicted octanol–water partition coefficient (Wildman–Crippen LogP) is 3.51. The highest BCUT2D eigenvalue weighted by Gasteiger charge is 2.39. The quantitative estimate of drug-likeness (QED) is 0.499. The molecule has 1 aliphatic carbocycles. The number of carbonyl (C=O) groups is 3. The molecule has 2 aliphatic rings. The molecule has 2 amide bonds. The second-order valence-corrected chi connectivity index (χ2v) is 8.46. The number of amides is 2. The molecule has 2 atom stereocenters. The number of hydrogen-bond acceptors (Lipinski definition) is 5. The Hall–Kier alpha value is -1.14. The fourth-order valence-corrected chi connectivity index (χ4v) is 4.30. The number of thioether (sulfide) groups is 1. The van der Waals surface area contributed by atoms with E-state index >= 15 is 0 Å². The van der Waals surface area contributed by atoms with Crippen LogP contribution in [0.2, 0.25) is 0 Å². The van der Waals surface area contributed by atoms with Crippen LogP contribution in [0.25, 0.3) is 0 Å². The number of rotatable bonds is 7. The van der Waals surface area contributed by atoms with E-state index in [2.05, 4.69) is 12.2 Å². The zero-order valence-corrected chi connectivity index (χ0v) is 16.6. The third kappa shape index (κ3) is 6.88. The van der Waals surface area contributed by atoms with Crippen molar-refractivity contribution in [1.29, 1.82) is 0 Å². The van der Waals surface area contributed by atoms with Crippen molar-refractivity contribution in [3.8, 4) is 0 Å². The van der Waals surface area contributed by atoms with Gasteiger partial charge in [0.1, 0.15) is 6.61 Å². The number of ether oxygens (including phenoxy) is 1. The minimum Gasteiger partial charge on any atom is -0.366 e. The molecule has 1 heterocycles. The van der Waals surface area contributed by atoms with E-state index < -0.39 is 0 Å². The lowest BCUT2D eigenvalue weighted by Gasteiger charge is -2.16. The lowest BCUT2D eigenvalue weighted by Crippen LogP contribution is -2.37. The summed E-state index contributed by atoms with van der Waals surface area (Å²) in [5.74, 6) is 0.0912. The number of carbonyl (C=O) groups excluding carboxylic acids is 3. The molecule has 2 rings (SSSR count). The van der Waals surface area contributed by atoms with E-state index in [-0.39, 0.29) is 48.5 Å². The SMILES string of the molecule is CCSC1CC(=O)N(CC(=O)COC2/C=C\CCCCCCCC2)C1=O. The number of likely N-dealkylation sites (tertiary alicyclic amines) is 1. The van der Waals surface area contributed by atoms with E-state index in [4.69, 9.17) is 4.74 Å². The summed E-state index contributed by atoms with van der Waals surface area (Å²) in [6, 6.07) is 0. The average molecular weight is 382 g/mol. The van der Waals surface area contributed by atoms with Crippen molar-refractivity contribution < 1.29 is 19.1 Å². The van der Waals surface area contributed by atoms with Gasteiger partial charge in [-0.2, -0.15) is 0 Å². The molecule has 0 bridgehead atoms. The summed E-state index contributed by atoms with van der Waals surface area (Å²) < 4.78 is 5.78. The zero-order chi connectivity index (χ0) is 18.8. The van der Waals surface area contributed by atoms with Gasteiger partial charge in [-0.1, -0.05) is 51.2 Å². The molecule has 0 radical (unpaired) electrons. The van der Waals surface area contributed by atoms with Crippen LogP contribution in [0.3, 0.4) is 0 Å². The predicted molar refractivity (Wildman–Crippen MR) is 104 cm³/mol. The van der Waals surface area contributed by atoms with Crippen molar-refractivity contribution in [1.82, 2.24) is 4.90 Å². The van der Waals surface area contributed by atoms with Crippen molar-refractivity contribution in [2.24, 2.45) is 0 Å². The molecule has 6 heteroatoms. The third-order valence-electron chi connectivity index (χ3n) is 4.82. The number of Topliss-reactive ketones (excluding diaryl/α,β-unsaturated/α-hetero) is 1. The van der Waals surface area contributed by atoms with E-state index in [0.29, 0.717) is 0 Å². The summed E-state index contributed by atoms with van der Waals surface area (Å²) in [4.78, 5) is 37.5. The van der Waals surface area contributed by atoms with Crippen molar-refractivity contribution >= 4 is 29.4 Å². The van der Waals surface area contributed by atoms with Gasteiger partial charge in [-0.25, -0.2) is 0 Å². The van der Waals surface area contributed by atoms with Gasteiger partial charge in [0.05, 0.1) is 17.9 Å². The Morgan fingerprint density at radius 1 is 1.19 bits per heavy atom. The molecule has 0 aromatic heterocycles. The Morgan fingerprint density at radius 2 is 1.92 bits per heavy atom. The van der Waals surface area contributed by atoms with Crippen molar-refractivity contribution in [2.75, 3.05) is 18.9 Å². The first-order valence-electron chi connectivity index (χ1n) is 9.87. The van der Waals surface area contributed by atoms with Gasteiger partial charge in [0.2, 0.25) is 11.8 Å². The summed E-state index contributed by atoms with van der Waals surface area (Å²) in [6.07, 6.45) is 13.7. The molecule has 0 aromatic carbocycles. The monoisotopic (exact) mass is 381 g/mol. The van der Waals surface area contributed by atoms with E-state index in [9.17, 15) is 14.4 Å². The smallest absolute Gasteiger partial charge is 0.243 e. The number of nitrogens with zero attached hydrogens (tertiary/aromatic N) is 1. The Morgan fingerprint density at radius 3 is 2.69 bits per heavy atom. The molecule has 1 aliphatic heterocycles. The fraction of sp³-hybridized carbons (Fsp3) is 0.750. The Bertz CT molecular complexity index is 520. The lowest BCUT2D eigenvalue weighted by atomic mass is 10.1. The van der Waals surface area contributed by atoms with Gasteiger partial charge in [-0.3, -0.25) is 19.3 Å². The number of imide groups is 1. The maximum Gasteiger partial charge on any atom is 0.243 e. The number of allylic oxidation sites excluding steroid dienone is 1. The first-order chi connectivity index (χ1) is 12.6. The molecule has 0 spiro atoms. The van der Waals surface area contributed by atoms with Crippen molar-refractivity contribution in [3.05, 3.63) is 12.2 Å². The number of ketones is 1. The van der Waals surface area contributed by atoms with Crippen LogP contribution in [0.1, 0.15) is 64.7 Å². The molecule has 1 saturated heterocycles. The Labute approximate surface area is 160 Å². The van der Waals surface area contributed by atoms with Crippen LogP contribution in [-0.4, -0.2) is 52.8 Å². The molecule has 1 fully saturated rings. The minimum atomic E-state index is -0.327. The maximum atomic E-state index is 12.2. The van der Waals surface area contributed by atoms with Crippen LogP contribution in [-0.2, 0) is 19.1 Å². The van der Waals surface area contributed by atoms with Gasteiger partial charge in [0.25, 0.3) is 0 Å². The van der Waals surface area contributed by atoms with Gasteiger partial charge in [0.15, 0.2) is 5.78 Å². The van der Waals surface area contributed by atoms with Crippen molar-refractivity contribution in [3.63, 3.8) is 0 Å².